The maximum Gasteiger partial charge on any atom is 0.255 e. The number of thioether (sulfide) groups is 1. The normalized spacial score (nSPS) is 11.4. The van der Waals surface area contributed by atoms with Gasteiger partial charge in [-0.25, -0.2) is 0 Å². The molecule has 0 aliphatic rings. The molecule has 3 nitrogen and oxygen atoms in total. The summed E-state index contributed by atoms with van der Waals surface area (Å²) in [6, 6.07) is 7.62. The Kier molecular flexibility index (Phi) is 7.96. The first-order chi connectivity index (χ1) is 10.2. The van der Waals surface area contributed by atoms with Crippen LogP contribution in [0.5, 0.6) is 0 Å². The Morgan fingerprint density at radius 3 is 2.76 bits per heavy atom. The third kappa shape index (κ3) is 5.11. The first kappa shape index (κ1) is 17.6. The van der Waals surface area contributed by atoms with E-state index >= 15 is 0 Å². The van der Waals surface area contributed by atoms with Crippen LogP contribution in [0.3, 0.4) is 0 Å². The highest BCUT2D eigenvalue weighted by Crippen LogP contribution is 2.15. The number of benzene rings is 1. The lowest BCUT2D eigenvalue weighted by Crippen LogP contribution is -2.38. The molecule has 1 atom stereocenters. The zero-order valence-corrected chi connectivity index (χ0v) is 13.7. The molecule has 0 heterocycles. The molecule has 1 unspecified atom stereocenters. The number of hydrogen-bond acceptors (Lipinski definition) is 3. The standard InChI is InChI=1S/C17H23NO2S/c1-4-15(13-21-3)18(2)17(20)16-11-6-5-9-14(16)10-7-8-12-19/h5-6,9,11,15,19H,4,8,12-13H2,1-3H3. The van der Waals surface area contributed by atoms with Crippen molar-refractivity contribution in [2.45, 2.75) is 25.8 Å². The molecular formula is C17H23NO2S. The van der Waals surface area contributed by atoms with Crippen LogP contribution in [0.15, 0.2) is 24.3 Å². The van der Waals surface area contributed by atoms with E-state index in [1.54, 1.807) is 11.8 Å². The number of carbonyl (C=O) groups excluding carboxylic acids is 1. The van der Waals surface area contributed by atoms with Gasteiger partial charge in [0.25, 0.3) is 5.91 Å². The van der Waals surface area contributed by atoms with Crippen LogP contribution in [-0.2, 0) is 0 Å². The van der Waals surface area contributed by atoms with Crippen molar-refractivity contribution in [3.63, 3.8) is 0 Å². The Hall–Kier alpha value is -1.44. The predicted octanol–water partition coefficient (Wildman–Crippen LogP) is 2.63. The molecule has 114 valence electrons. The van der Waals surface area contributed by atoms with E-state index in [1.807, 2.05) is 36.2 Å². The Balaban J connectivity index is 2.99. The van der Waals surface area contributed by atoms with Crippen LogP contribution in [-0.4, -0.2) is 47.6 Å². The van der Waals surface area contributed by atoms with E-state index in [4.69, 9.17) is 5.11 Å². The molecule has 0 aliphatic heterocycles. The molecule has 0 spiro atoms. The number of carbonyl (C=O) groups is 1. The third-order valence-electron chi connectivity index (χ3n) is 3.32. The quantitative estimate of drug-likeness (QED) is 0.821. The van der Waals surface area contributed by atoms with Crippen molar-refractivity contribution in [2.24, 2.45) is 0 Å². The number of aliphatic hydroxyl groups excluding tert-OH is 1. The van der Waals surface area contributed by atoms with Crippen molar-refractivity contribution in [2.75, 3.05) is 25.7 Å². The molecule has 0 aliphatic carbocycles. The second-order valence-corrected chi connectivity index (χ2v) is 5.67. The maximum atomic E-state index is 12.7. The van der Waals surface area contributed by atoms with Gasteiger partial charge in [-0.05, 0) is 24.8 Å². The van der Waals surface area contributed by atoms with Crippen molar-refractivity contribution >= 4 is 17.7 Å². The smallest absolute Gasteiger partial charge is 0.255 e. The largest absolute Gasteiger partial charge is 0.395 e. The summed E-state index contributed by atoms with van der Waals surface area (Å²) in [7, 11) is 1.85. The highest BCUT2D eigenvalue weighted by Gasteiger charge is 2.20. The molecule has 0 saturated carbocycles. The minimum absolute atomic E-state index is 0.00444. The van der Waals surface area contributed by atoms with Gasteiger partial charge in [0.1, 0.15) is 0 Å². The SMILES string of the molecule is CCC(CSC)N(C)C(=O)c1ccccc1C#CCCO. The fourth-order valence-corrected chi connectivity index (χ4v) is 2.89. The summed E-state index contributed by atoms with van der Waals surface area (Å²) < 4.78 is 0. The van der Waals surface area contributed by atoms with E-state index in [1.165, 1.54) is 0 Å². The summed E-state index contributed by atoms with van der Waals surface area (Å²) in [4.78, 5) is 14.5. The first-order valence-corrected chi connectivity index (χ1v) is 8.49. The molecule has 0 saturated heterocycles. The molecule has 0 bridgehead atoms. The number of hydrogen-bond donors (Lipinski definition) is 1. The van der Waals surface area contributed by atoms with Gasteiger partial charge in [0, 0.05) is 30.8 Å². The number of nitrogens with zero attached hydrogens (tertiary/aromatic N) is 1. The first-order valence-electron chi connectivity index (χ1n) is 7.10. The van der Waals surface area contributed by atoms with Gasteiger partial charge in [0.15, 0.2) is 0 Å². The lowest BCUT2D eigenvalue weighted by molar-refractivity contribution is 0.0743. The third-order valence-corrected chi connectivity index (χ3v) is 4.03. The molecule has 1 aromatic rings. The summed E-state index contributed by atoms with van der Waals surface area (Å²) >= 11 is 1.75. The van der Waals surface area contributed by atoms with Crippen LogP contribution in [0.4, 0.5) is 0 Å². The highest BCUT2D eigenvalue weighted by molar-refractivity contribution is 7.98. The Morgan fingerprint density at radius 1 is 1.43 bits per heavy atom. The fourth-order valence-electron chi connectivity index (χ4n) is 2.04. The van der Waals surface area contributed by atoms with Gasteiger partial charge in [-0.1, -0.05) is 30.9 Å². The van der Waals surface area contributed by atoms with Gasteiger partial charge in [-0.15, -0.1) is 0 Å². The second kappa shape index (κ2) is 9.49. The number of aliphatic hydroxyl groups is 1. The van der Waals surface area contributed by atoms with Crippen LogP contribution >= 0.6 is 11.8 Å². The molecule has 21 heavy (non-hydrogen) atoms. The average Bonchev–Trinajstić information content (AvgIpc) is 2.52. The van der Waals surface area contributed by atoms with Gasteiger partial charge >= 0.3 is 0 Å². The van der Waals surface area contributed by atoms with E-state index in [-0.39, 0.29) is 18.6 Å². The minimum Gasteiger partial charge on any atom is -0.395 e. The van der Waals surface area contributed by atoms with E-state index in [2.05, 4.69) is 25.0 Å². The molecule has 1 amide bonds. The molecule has 1 rings (SSSR count). The van der Waals surface area contributed by atoms with Crippen LogP contribution in [0, 0.1) is 11.8 Å². The zero-order valence-electron chi connectivity index (χ0n) is 12.9. The fraction of sp³-hybridized carbons (Fsp3) is 0.471. The predicted molar refractivity (Wildman–Crippen MR) is 89.6 cm³/mol. The van der Waals surface area contributed by atoms with Gasteiger partial charge < -0.3 is 10.0 Å². The molecular weight excluding hydrogens is 282 g/mol. The lowest BCUT2D eigenvalue weighted by Gasteiger charge is -2.27. The van der Waals surface area contributed by atoms with Crippen LogP contribution in [0.25, 0.3) is 0 Å². The highest BCUT2D eigenvalue weighted by atomic mass is 32.2. The Bertz CT molecular complexity index is 519. The summed E-state index contributed by atoms with van der Waals surface area (Å²) in [5, 5.41) is 8.79. The molecule has 4 heteroatoms. The number of rotatable bonds is 6. The summed E-state index contributed by atoms with van der Waals surface area (Å²) in [6.45, 7) is 2.13. The maximum absolute atomic E-state index is 12.7. The Labute approximate surface area is 131 Å². The van der Waals surface area contributed by atoms with Gasteiger partial charge in [0.2, 0.25) is 0 Å². The van der Waals surface area contributed by atoms with E-state index in [9.17, 15) is 4.79 Å². The average molecular weight is 305 g/mol. The van der Waals surface area contributed by atoms with Crippen molar-refractivity contribution in [1.29, 1.82) is 0 Å². The van der Waals surface area contributed by atoms with Gasteiger partial charge in [0.05, 0.1) is 12.2 Å². The van der Waals surface area contributed by atoms with Gasteiger partial charge in [-0.2, -0.15) is 11.8 Å². The second-order valence-electron chi connectivity index (χ2n) is 4.75. The van der Waals surface area contributed by atoms with E-state index in [0.717, 1.165) is 17.7 Å². The van der Waals surface area contributed by atoms with E-state index < -0.39 is 0 Å². The molecule has 1 N–H and O–H groups in total. The van der Waals surface area contributed by atoms with Crippen LogP contribution in [0.2, 0.25) is 0 Å². The summed E-state index contributed by atoms with van der Waals surface area (Å²) in [5.41, 5.74) is 1.35. The molecule has 0 fully saturated rings. The van der Waals surface area contributed by atoms with Crippen molar-refractivity contribution in [3.8, 4) is 11.8 Å². The zero-order chi connectivity index (χ0) is 15.7. The van der Waals surface area contributed by atoms with E-state index in [0.29, 0.717) is 12.0 Å². The lowest BCUT2D eigenvalue weighted by atomic mass is 10.1. The monoisotopic (exact) mass is 305 g/mol. The molecule has 1 aromatic carbocycles. The van der Waals surface area contributed by atoms with Crippen molar-refractivity contribution in [3.05, 3.63) is 35.4 Å². The van der Waals surface area contributed by atoms with Crippen LogP contribution in [0.1, 0.15) is 35.7 Å². The van der Waals surface area contributed by atoms with Crippen LogP contribution < -0.4 is 0 Å². The van der Waals surface area contributed by atoms with Gasteiger partial charge in [-0.3, -0.25) is 4.79 Å². The van der Waals surface area contributed by atoms with Crippen molar-refractivity contribution in [1.82, 2.24) is 4.90 Å². The number of amides is 1. The van der Waals surface area contributed by atoms with Crippen molar-refractivity contribution < 1.29 is 9.90 Å². The summed E-state index contributed by atoms with van der Waals surface area (Å²) in [6.07, 6.45) is 3.40. The Morgan fingerprint density at radius 2 is 2.14 bits per heavy atom. The summed E-state index contributed by atoms with van der Waals surface area (Å²) in [5.74, 6) is 6.79. The molecule has 0 radical (unpaired) electrons. The minimum atomic E-state index is 0.00444. The molecule has 0 aromatic heterocycles. The topological polar surface area (TPSA) is 40.5 Å².